The second-order valence-corrected chi connectivity index (χ2v) is 23.8. The molecule has 0 bridgehead atoms. The fourth-order valence-corrected chi connectivity index (χ4v) is 12.1. The fourth-order valence-electron chi connectivity index (χ4n) is 12.1. The van der Waals surface area contributed by atoms with Crippen molar-refractivity contribution in [3.05, 3.63) is 130 Å². The number of aliphatic hydroxyl groups is 1. The molecule has 11 atom stereocenters. The molecule has 4 aliphatic rings. The second-order valence-electron chi connectivity index (χ2n) is 23.8. The maximum atomic E-state index is 14.2. The molecule has 4 saturated heterocycles. The minimum absolute atomic E-state index is 0.0498. The van der Waals surface area contributed by atoms with Gasteiger partial charge in [-0.15, -0.1) is 5.10 Å². The smallest absolute Gasteiger partial charge is 0.255 e. The highest BCUT2D eigenvalue weighted by atomic mass is 19.1. The zero-order chi connectivity index (χ0) is 72.0. The Kier molecular flexibility index (Phi) is 23.3. The lowest BCUT2D eigenvalue weighted by molar-refractivity contribution is -0.124. The van der Waals surface area contributed by atoms with Gasteiger partial charge in [-0.25, -0.2) is 47.3 Å². The van der Waals surface area contributed by atoms with Crippen LogP contribution < -0.4 is 44.4 Å². The van der Waals surface area contributed by atoms with Crippen LogP contribution in [0.5, 0.6) is 34.9 Å². The predicted octanol–water partition coefficient (Wildman–Crippen LogP) is 9.06. The molecule has 0 saturated carbocycles. The summed E-state index contributed by atoms with van der Waals surface area (Å²) in [6, 6.07) is 8.56. The molecule has 3 amide bonds. The third-order valence-corrected chi connectivity index (χ3v) is 17.5. The van der Waals surface area contributed by atoms with Crippen LogP contribution in [0.25, 0.3) is 46.9 Å². The second kappa shape index (κ2) is 32.7. The van der Waals surface area contributed by atoms with E-state index in [9.17, 15) is 32.7 Å². The summed E-state index contributed by atoms with van der Waals surface area (Å²) in [5, 5.41) is 37.0. The van der Waals surface area contributed by atoms with Crippen molar-refractivity contribution in [2.75, 3.05) is 47.8 Å². The van der Waals surface area contributed by atoms with E-state index >= 15 is 0 Å². The monoisotopic (exact) mass is 1380 g/mol. The van der Waals surface area contributed by atoms with E-state index in [-0.39, 0.29) is 49.5 Å². The van der Waals surface area contributed by atoms with Crippen LogP contribution in [0.15, 0.2) is 67.4 Å². The standard InChI is InChI=1S/C28H28FN5O4.C22H20FN7O3.C22H22FN3O4/c1-4-19-23(33-27(35)26(19)29)16-38-28-21-12-24(36-3)22(30-2)11-20(21)18(14-31-28)9-8-17-13-32-34(15-17)25-7-5-6-10-37-25;1-5-13-17(26-21(31)20(13)23)11-33-22-15-9-18(32-4)16(24-2)8-14(15)12(10-25-22)6-7-19-27-29-30(3)28-19;1-5-14-18(26-21(28)20(14)23)11-30-22-16-9-19(29-4)17(24-3)8-15(16)13(10-25-22)7-6-12(2)27/h11-15,19,23,25-26H,4-7,10,16H2,1,3H3,(H,33,35);8-10,13,17,20H,5,11H2,1,3-4H3,(H,26,31);8-10,12,14,18,20,27H,5,11H2,1-2,4H3,(H,26,28)/t19-,23+,25?,26-;13-,17+,20-;12-,14+,18-,20+/m001/s1. The Labute approximate surface area is 579 Å². The van der Waals surface area contributed by atoms with Gasteiger partial charge in [-0.3, -0.25) is 14.4 Å². The fraction of sp³-hybridized carbons (Fsp3) is 0.403. The zero-order valence-corrected chi connectivity index (χ0v) is 56.3. The van der Waals surface area contributed by atoms with Gasteiger partial charge in [0.2, 0.25) is 40.5 Å². The van der Waals surface area contributed by atoms with Gasteiger partial charge in [0.25, 0.3) is 17.7 Å². The highest BCUT2D eigenvalue weighted by Gasteiger charge is 2.44. The first-order valence-corrected chi connectivity index (χ1v) is 32.4. The molecule has 4 N–H and O–H groups in total. The van der Waals surface area contributed by atoms with E-state index < -0.39 is 78.2 Å². The minimum atomic E-state index is -1.55. The van der Waals surface area contributed by atoms with E-state index in [2.05, 4.69) is 101 Å². The summed E-state index contributed by atoms with van der Waals surface area (Å²) in [6.07, 6.45) is 7.19. The first kappa shape index (κ1) is 72.0. The Morgan fingerprint density at radius 1 is 0.604 bits per heavy atom. The van der Waals surface area contributed by atoms with E-state index in [1.54, 1.807) is 67.4 Å². The number of ether oxygens (including phenoxy) is 7. The average Bonchev–Trinajstić information content (AvgIpc) is 1.64. The van der Waals surface area contributed by atoms with Crippen molar-refractivity contribution in [2.24, 2.45) is 24.8 Å². The summed E-state index contributed by atoms with van der Waals surface area (Å²) in [5.74, 6) is 16.4. The number of nitrogens with one attached hydrogen (secondary N) is 3. The van der Waals surface area contributed by atoms with Crippen molar-refractivity contribution in [3.63, 3.8) is 0 Å². The highest BCUT2D eigenvalue weighted by molar-refractivity contribution is 5.98. The molecule has 0 aliphatic carbocycles. The molecule has 3 aromatic carbocycles. The molecule has 0 spiro atoms. The molecule has 8 aromatic rings. The van der Waals surface area contributed by atoms with Crippen molar-refractivity contribution in [2.45, 2.75) is 115 Å². The van der Waals surface area contributed by atoms with E-state index in [0.29, 0.717) is 103 Å². The number of aryl methyl sites for hydroxylation is 1. The number of rotatable bonds is 16. The number of pyridine rings is 3. The Hall–Kier alpha value is -11.8. The topological polar surface area (TPSA) is 285 Å². The summed E-state index contributed by atoms with van der Waals surface area (Å²) in [5.41, 5.74) is 3.32. The number of benzene rings is 3. The van der Waals surface area contributed by atoms with Gasteiger partial charge in [0.05, 0.1) is 89.1 Å². The van der Waals surface area contributed by atoms with Crippen LogP contribution in [0.2, 0.25) is 0 Å². The van der Waals surface area contributed by atoms with Crippen molar-refractivity contribution in [1.29, 1.82) is 0 Å². The number of nitrogens with zero attached hydrogens (tertiary/aromatic N) is 12. The van der Waals surface area contributed by atoms with Gasteiger partial charge in [0.15, 0.2) is 18.5 Å². The molecule has 5 aromatic heterocycles. The van der Waals surface area contributed by atoms with Crippen molar-refractivity contribution in [3.8, 4) is 70.4 Å². The number of carbonyl (C=O) groups is 3. The summed E-state index contributed by atoms with van der Waals surface area (Å²) < 4.78 is 83.8. The molecule has 520 valence electrons. The average molecular weight is 1380 g/mol. The Morgan fingerprint density at radius 3 is 1.38 bits per heavy atom. The molecular weight excluding hydrogens is 1310 g/mol. The van der Waals surface area contributed by atoms with Crippen LogP contribution in [0.1, 0.15) is 101 Å². The Balaban J connectivity index is 0.000000165. The maximum absolute atomic E-state index is 14.2. The molecule has 26 nitrogen and oxygen atoms in total. The van der Waals surface area contributed by atoms with Crippen LogP contribution in [-0.2, 0) is 26.2 Å². The van der Waals surface area contributed by atoms with Crippen LogP contribution in [0.3, 0.4) is 0 Å². The number of hydrogen-bond acceptors (Lipinski definition) is 18. The normalized spacial score (nSPS) is 21.3. The van der Waals surface area contributed by atoms with Crippen LogP contribution in [0.4, 0.5) is 30.2 Å². The number of aromatic nitrogens is 9. The molecule has 4 fully saturated rings. The molecule has 9 heterocycles. The van der Waals surface area contributed by atoms with Crippen LogP contribution >= 0.6 is 0 Å². The number of carbonyl (C=O) groups excluding carboxylic acids is 3. The van der Waals surface area contributed by atoms with E-state index in [0.717, 1.165) is 31.4 Å². The van der Waals surface area contributed by atoms with Gasteiger partial charge in [-0.05, 0) is 109 Å². The first-order chi connectivity index (χ1) is 48.8. The number of amides is 3. The summed E-state index contributed by atoms with van der Waals surface area (Å²) in [4.78, 5) is 60.3. The number of aliphatic hydroxyl groups excluding tert-OH is 1. The van der Waals surface area contributed by atoms with Crippen molar-refractivity contribution < 1.29 is 65.8 Å². The van der Waals surface area contributed by atoms with Gasteiger partial charge in [-0.1, -0.05) is 55.5 Å². The van der Waals surface area contributed by atoms with Gasteiger partial charge < -0.3 is 54.2 Å². The lowest BCUT2D eigenvalue weighted by atomic mass is 9.97. The number of fused-ring (bicyclic) bond motifs is 3. The van der Waals surface area contributed by atoms with E-state index in [1.165, 1.54) is 38.5 Å². The summed E-state index contributed by atoms with van der Waals surface area (Å²) in [7, 11) is 6.05. The summed E-state index contributed by atoms with van der Waals surface area (Å²) >= 11 is 0. The van der Waals surface area contributed by atoms with Crippen molar-refractivity contribution >= 4 is 67.1 Å². The first-order valence-electron chi connectivity index (χ1n) is 32.4. The third-order valence-electron chi connectivity index (χ3n) is 17.5. The molecule has 101 heavy (non-hydrogen) atoms. The highest BCUT2D eigenvalue weighted by Crippen LogP contribution is 2.41. The molecule has 12 rings (SSSR count). The van der Waals surface area contributed by atoms with Crippen LogP contribution in [0, 0.1) is 73.0 Å². The molecule has 1 unspecified atom stereocenters. The molecule has 29 heteroatoms. The Bertz CT molecular complexity index is 4780. The van der Waals surface area contributed by atoms with Gasteiger partial charge in [-0.2, -0.15) is 9.90 Å². The number of tetrazole rings is 1. The number of halogens is 3. The largest absolute Gasteiger partial charge is 0.508 e. The lowest BCUT2D eigenvalue weighted by Gasteiger charge is -2.22. The molecular formula is C72H70F3N15O11. The van der Waals surface area contributed by atoms with Crippen LogP contribution in [-0.4, -0.2) is 158 Å². The van der Waals surface area contributed by atoms with Gasteiger partial charge in [0, 0.05) is 70.9 Å². The number of methoxy groups -OCH3 is 3. The van der Waals surface area contributed by atoms with Gasteiger partial charge in [0.1, 0.15) is 49.4 Å². The van der Waals surface area contributed by atoms with E-state index in [4.69, 9.17) is 52.9 Å². The summed E-state index contributed by atoms with van der Waals surface area (Å²) in [6.45, 7) is 30.3. The predicted molar refractivity (Wildman–Crippen MR) is 362 cm³/mol. The number of hydrogen-bond donors (Lipinski definition) is 4. The lowest BCUT2D eigenvalue weighted by Crippen LogP contribution is -2.34. The Morgan fingerprint density at radius 2 is 1.02 bits per heavy atom. The zero-order valence-electron chi connectivity index (χ0n) is 56.3. The molecule has 0 radical (unpaired) electrons. The van der Waals surface area contributed by atoms with E-state index in [1.807, 2.05) is 27.0 Å². The van der Waals surface area contributed by atoms with Crippen molar-refractivity contribution in [1.82, 2.24) is 60.9 Å². The minimum Gasteiger partial charge on any atom is -0.508 e. The molecule has 4 aliphatic heterocycles. The quantitative estimate of drug-likeness (QED) is 0.0518. The SMILES string of the molecule is [C-]#[N+]c1cc2c(C#C[C@@H](C)O)cnc(OC[C@H]3NC(=O)[C@@H](F)[C@H]3CC)c2cc1OC.[C-]#[N+]c1cc2c(C#Cc3cnn(C4CCCCO4)c3)cnc(OC[C@H]3NC(=O)[C@@H](F)[C@H]3CC)c2cc1OC.[C-]#[N+]c1cc2c(C#Cc3nnn(C)n3)cnc(OC[C@H]3NC(=O)[C@@H](F)[C@H]3CC)c2cc1OC. The number of alkyl halides is 3. The third kappa shape index (κ3) is 16.2. The maximum Gasteiger partial charge on any atom is 0.255 e. The van der Waals surface area contributed by atoms with Gasteiger partial charge >= 0.3 is 0 Å².